The van der Waals surface area contributed by atoms with Crippen molar-refractivity contribution in [2.24, 2.45) is 5.84 Å². The molecular weight excluding hydrogens is 272 g/mol. The number of nitrogens with one attached hydrogen (secondary N) is 1. The maximum Gasteiger partial charge on any atom is 0.152 e. The highest BCUT2D eigenvalue weighted by Gasteiger charge is 2.17. The highest BCUT2D eigenvalue weighted by molar-refractivity contribution is 7.16. The van der Waals surface area contributed by atoms with E-state index >= 15 is 0 Å². The highest BCUT2D eigenvalue weighted by Crippen LogP contribution is 2.24. The Morgan fingerprint density at radius 1 is 1.25 bits per heavy atom. The summed E-state index contributed by atoms with van der Waals surface area (Å²) in [5.41, 5.74) is 2.68. The van der Waals surface area contributed by atoms with Crippen LogP contribution in [0.1, 0.15) is 12.7 Å². The van der Waals surface area contributed by atoms with Gasteiger partial charge >= 0.3 is 0 Å². The lowest BCUT2D eigenvalue weighted by molar-refractivity contribution is 0.129. The number of nitrogen functional groups attached to an aromatic ring is 1. The first-order valence-electron chi connectivity index (χ1n) is 6.95. The van der Waals surface area contributed by atoms with E-state index in [9.17, 15) is 0 Å². The van der Waals surface area contributed by atoms with E-state index in [1.54, 1.807) is 11.3 Å². The van der Waals surface area contributed by atoms with E-state index in [1.165, 1.54) is 0 Å². The van der Waals surface area contributed by atoms with Crippen LogP contribution in [-0.4, -0.2) is 52.5 Å². The van der Waals surface area contributed by atoms with Gasteiger partial charge in [-0.1, -0.05) is 6.92 Å². The first-order valence-corrected chi connectivity index (χ1v) is 7.83. The first kappa shape index (κ1) is 13.7. The number of nitrogens with zero attached hydrogens (tertiary/aromatic N) is 4. The van der Waals surface area contributed by atoms with Gasteiger partial charge in [0.1, 0.15) is 10.7 Å². The van der Waals surface area contributed by atoms with E-state index in [0.717, 1.165) is 61.1 Å². The molecule has 0 aromatic carbocycles. The molecule has 1 aliphatic rings. The predicted molar refractivity (Wildman–Crippen MR) is 82.6 cm³/mol. The molecule has 1 saturated heterocycles. The zero-order valence-corrected chi connectivity index (χ0v) is 12.5. The SMILES string of the molecule is CCN1CCN(Cc2nc(NN)c3ccsc3n2)CC1. The number of piperazine rings is 1. The van der Waals surface area contributed by atoms with Crippen LogP contribution in [0.25, 0.3) is 10.2 Å². The van der Waals surface area contributed by atoms with Gasteiger partial charge < -0.3 is 10.3 Å². The fraction of sp³-hybridized carbons (Fsp3) is 0.538. The Labute approximate surface area is 122 Å². The minimum Gasteiger partial charge on any atom is -0.308 e. The molecule has 3 rings (SSSR count). The van der Waals surface area contributed by atoms with Crippen LogP contribution in [0.2, 0.25) is 0 Å². The molecular formula is C13H20N6S. The number of rotatable bonds is 4. The molecule has 0 spiro atoms. The molecule has 108 valence electrons. The normalized spacial score (nSPS) is 17.7. The van der Waals surface area contributed by atoms with Gasteiger partial charge in [-0.05, 0) is 18.0 Å². The lowest BCUT2D eigenvalue weighted by atomic mass is 10.3. The average molecular weight is 292 g/mol. The molecule has 1 aliphatic heterocycles. The average Bonchev–Trinajstić information content (AvgIpc) is 2.95. The number of aromatic nitrogens is 2. The highest BCUT2D eigenvalue weighted by atomic mass is 32.1. The third-order valence-corrected chi connectivity index (χ3v) is 4.59. The maximum atomic E-state index is 5.56. The summed E-state index contributed by atoms with van der Waals surface area (Å²) in [6, 6.07) is 2.00. The second-order valence-corrected chi connectivity index (χ2v) is 5.88. The smallest absolute Gasteiger partial charge is 0.152 e. The molecule has 0 amide bonds. The Hall–Kier alpha value is -1.28. The molecule has 6 nitrogen and oxygen atoms in total. The van der Waals surface area contributed by atoms with Crippen molar-refractivity contribution in [2.45, 2.75) is 13.5 Å². The van der Waals surface area contributed by atoms with Crippen LogP contribution < -0.4 is 11.3 Å². The minimum atomic E-state index is 0.721. The molecule has 2 aromatic rings. The lowest BCUT2D eigenvalue weighted by Crippen LogP contribution is -2.45. The summed E-state index contributed by atoms with van der Waals surface area (Å²) >= 11 is 1.62. The molecule has 7 heteroatoms. The van der Waals surface area contributed by atoms with Crippen LogP contribution in [-0.2, 0) is 6.54 Å². The van der Waals surface area contributed by atoms with Gasteiger partial charge in [0.05, 0.1) is 11.9 Å². The zero-order valence-electron chi connectivity index (χ0n) is 11.7. The largest absolute Gasteiger partial charge is 0.308 e. The molecule has 3 heterocycles. The van der Waals surface area contributed by atoms with Gasteiger partial charge in [0, 0.05) is 26.2 Å². The van der Waals surface area contributed by atoms with E-state index in [2.05, 4.69) is 32.1 Å². The summed E-state index contributed by atoms with van der Waals surface area (Å²) in [5, 5.41) is 3.02. The Morgan fingerprint density at radius 3 is 2.70 bits per heavy atom. The Morgan fingerprint density at radius 2 is 2.00 bits per heavy atom. The second kappa shape index (κ2) is 6.01. The molecule has 20 heavy (non-hydrogen) atoms. The molecule has 0 saturated carbocycles. The van der Waals surface area contributed by atoms with Gasteiger partial charge in [-0.3, -0.25) is 4.90 Å². The van der Waals surface area contributed by atoms with E-state index < -0.39 is 0 Å². The number of likely N-dealkylation sites (N-methyl/N-ethyl adjacent to an activating group) is 1. The fourth-order valence-corrected chi connectivity index (χ4v) is 3.33. The maximum absolute atomic E-state index is 5.56. The summed E-state index contributed by atoms with van der Waals surface area (Å²) in [5.74, 6) is 7.12. The van der Waals surface area contributed by atoms with E-state index in [0.29, 0.717) is 0 Å². The predicted octanol–water partition coefficient (Wildman–Crippen LogP) is 1.11. The van der Waals surface area contributed by atoms with Gasteiger partial charge in [0.15, 0.2) is 5.82 Å². The number of anilines is 1. The van der Waals surface area contributed by atoms with Gasteiger partial charge in [0.2, 0.25) is 0 Å². The molecule has 0 atom stereocenters. The van der Waals surface area contributed by atoms with Crippen LogP contribution in [0, 0.1) is 0 Å². The van der Waals surface area contributed by atoms with Gasteiger partial charge in [-0.15, -0.1) is 11.3 Å². The van der Waals surface area contributed by atoms with Crippen molar-refractivity contribution in [3.8, 4) is 0 Å². The summed E-state index contributed by atoms with van der Waals surface area (Å²) in [6.45, 7) is 8.53. The number of fused-ring (bicyclic) bond motifs is 1. The Balaban J connectivity index is 1.74. The van der Waals surface area contributed by atoms with Crippen LogP contribution in [0.15, 0.2) is 11.4 Å². The minimum absolute atomic E-state index is 0.721. The summed E-state index contributed by atoms with van der Waals surface area (Å²) in [6.07, 6.45) is 0. The van der Waals surface area contributed by atoms with Crippen molar-refractivity contribution in [1.82, 2.24) is 19.8 Å². The van der Waals surface area contributed by atoms with Crippen molar-refractivity contribution in [2.75, 3.05) is 38.1 Å². The quantitative estimate of drug-likeness (QED) is 0.650. The molecule has 0 radical (unpaired) electrons. The summed E-state index contributed by atoms with van der Waals surface area (Å²) in [4.78, 5) is 15.0. The van der Waals surface area contributed by atoms with Crippen molar-refractivity contribution in [3.63, 3.8) is 0 Å². The fourth-order valence-electron chi connectivity index (χ4n) is 2.54. The number of hydrazine groups is 1. The standard InChI is InChI=1S/C13H20N6S/c1-2-18-4-6-19(7-5-18)9-11-15-12(17-14)10-3-8-20-13(10)16-11/h3,8H,2,4-7,9,14H2,1H3,(H,15,16,17). The summed E-state index contributed by atoms with van der Waals surface area (Å²) < 4.78 is 0. The topological polar surface area (TPSA) is 70.3 Å². The van der Waals surface area contributed by atoms with Crippen LogP contribution in [0.4, 0.5) is 5.82 Å². The third-order valence-electron chi connectivity index (χ3n) is 3.79. The van der Waals surface area contributed by atoms with Gasteiger partial charge in [-0.25, -0.2) is 15.8 Å². The van der Waals surface area contributed by atoms with E-state index in [1.807, 2.05) is 11.4 Å². The number of thiophene rings is 1. The molecule has 0 unspecified atom stereocenters. The second-order valence-electron chi connectivity index (χ2n) is 4.98. The zero-order chi connectivity index (χ0) is 13.9. The number of nitrogens with two attached hydrogens (primary N) is 1. The van der Waals surface area contributed by atoms with Crippen molar-refractivity contribution in [3.05, 3.63) is 17.3 Å². The lowest BCUT2D eigenvalue weighted by Gasteiger charge is -2.33. The first-order chi connectivity index (χ1) is 9.80. The summed E-state index contributed by atoms with van der Waals surface area (Å²) in [7, 11) is 0. The molecule has 0 aliphatic carbocycles. The van der Waals surface area contributed by atoms with Gasteiger partial charge in [0.25, 0.3) is 0 Å². The van der Waals surface area contributed by atoms with E-state index in [4.69, 9.17) is 5.84 Å². The third kappa shape index (κ3) is 2.76. The molecule has 2 aromatic heterocycles. The van der Waals surface area contributed by atoms with Crippen molar-refractivity contribution >= 4 is 27.4 Å². The number of hydrogen-bond donors (Lipinski definition) is 2. The Bertz CT molecular complexity index is 575. The molecule has 1 fully saturated rings. The monoisotopic (exact) mass is 292 g/mol. The van der Waals surface area contributed by atoms with E-state index in [-0.39, 0.29) is 0 Å². The van der Waals surface area contributed by atoms with Crippen LogP contribution in [0.3, 0.4) is 0 Å². The van der Waals surface area contributed by atoms with Crippen LogP contribution in [0.5, 0.6) is 0 Å². The van der Waals surface area contributed by atoms with Crippen molar-refractivity contribution < 1.29 is 0 Å². The van der Waals surface area contributed by atoms with Gasteiger partial charge in [-0.2, -0.15) is 0 Å². The van der Waals surface area contributed by atoms with Crippen LogP contribution >= 0.6 is 11.3 Å². The molecule has 3 N–H and O–H groups in total. The van der Waals surface area contributed by atoms with Crippen molar-refractivity contribution in [1.29, 1.82) is 0 Å². The number of hydrogen-bond acceptors (Lipinski definition) is 7. The molecule has 0 bridgehead atoms. The Kier molecular flexibility index (Phi) is 4.11.